The van der Waals surface area contributed by atoms with E-state index in [1.807, 2.05) is 13.0 Å². The fourth-order valence-electron chi connectivity index (χ4n) is 3.50. The minimum absolute atomic E-state index is 0.00174. The van der Waals surface area contributed by atoms with Crippen LogP contribution < -0.4 is 10.6 Å². The third-order valence-electron chi connectivity index (χ3n) is 5.04. The number of thiophene rings is 1. The number of rotatable bonds is 6. The van der Waals surface area contributed by atoms with Crippen LogP contribution in [0.3, 0.4) is 0 Å². The Bertz CT molecular complexity index is 746. The minimum atomic E-state index is -0.259. The van der Waals surface area contributed by atoms with Crippen molar-refractivity contribution in [3.05, 3.63) is 45.9 Å². The Morgan fingerprint density at radius 1 is 1.31 bits per heavy atom. The van der Waals surface area contributed by atoms with Crippen LogP contribution in [0.4, 0.5) is 4.39 Å². The summed E-state index contributed by atoms with van der Waals surface area (Å²) >= 11 is 1.47. The first-order chi connectivity index (χ1) is 12.5. The maximum absolute atomic E-state index is 13.1. The summed E-state index contributed by atoms with van der Waals surface area (Å²) in [5.74, 6) is -0.314. The van der Waals surface area contributed by atoms with Gasteiger partial charge in [0.05, 0.1) is 11.5 Å². The van der Waals surface area contributed by atoms with Crippen molar-refractivity contribution in [2.75, 3.05) is 33.4 Å². The molecule has 1 aliphatic rings. The molecule has 2 N–H and O–H groups in total. The number of carbonyl (C=O) groups is 1. The Balaban J connectivity index is 1.70. The first kappa shape index (κ1) is 19.0. The molecule has 140 valence electrons. The van der Waals surface area contributed by atoms with Crippen LogP contribution in [0.1, 0.15) is 27.4 Å². The molecule has 1 saturated heterocycles. The van der Waals surface area contributed by atoms with Crippen molar-refractivity contribution < 1.29 is 13.9 Å². The molecule has 1 fully saturated rings. The lowest BCUT2D eigenvalue weighted by Crippen LogP contribution is -2.47. The van der Waals surface area contributed by atoms with E-state index in [2.05, 4.69) is 10.6 Å². The van der Waals surface area contributed by atoms with Crippen LogP contribution in [0.15, 0.2) is 30.3 Å². The van der Waals surface area contributed by atoms with E-state index >= 15 is 0 Å². The summed E-state index contributed by atoms with van der Waals surface area (Å²) in [6, 6.07) is 8.27. The fraction of sp³-hybridized carbons (Fsp3) is 0.450. The van der Waals surface area contributed by atoms with Crippen molar-refractivity contribution >= 4 is 17.2 Å². The van der Waals surface area contributed by atoms with Gasteiger partial charge in [0.2, 0.25) is 0 Å². The zero-order valence-corrected chi connectivity index (χ0v) is 16.0. The van der Waals surface area contributed by atoms with Gasteiger partial charge in [-0.2, -0.15) is 0 Å². The Morgan fingerprint density at radius 2 is 2.00 bits per heavy atom. The van der Waals surface area contributed by atoms with Gasteiger partial charge in [0.25, 0.3) is 5.91 Å². The SMILES string of the molecule is COCC1(CNC(=O)c2cc(-c3ccc(F)cc3)c(C)s2)CCNCC1. The van der Waals surface area contributed by atoms with E-state index in [1.54, 1.807) is 19.2 Å². The van der Waals surface area contributed by atoms with E-state index in [9.17, 15) is 9.18 Å². The number of halogens is 1. The van der Waals surface area contributed by atoms with E-state index in [0.717, 1.165) is 41.9 Å². The topological polar surface area (TPSA) is 50.4 Å². The highest BCUT2D eigenvalue weighted by Crippen LogP contribution is 2.32. The number of amides is 1. The van der Waals surface area contributed by atoms with Gasteiger partial charge < -0.3 is 15.4 Å². The molecular formula is C20H25FN2O2S. The monoisotopic (exact) mass is 376 g/mol. The van der Waals surface area contributed by atoms with Gasteiger partial charge in [-0.05, 0) is 62.2 Å². The zero-order valence-electron chi connectivity index (χ0n) is 15.2. The number of benzene rings is 1. The van der Waals surface area contributed by atoms with Crippen LogP contribution in [0.2, 0.25) is 0 Å². The molecule has 2 heterocycles. The number of piperidine rings is 1. The molecule has 0 radical (unpaired) electrons. The second-order valence-electron chi connectivity index (χ2n) is 6.95. The molecule has 2 aromatic rings. The van der Waals surface area contributed by atoms with E-state index in [-0.39, 0.29) is 17.1 Å². The van der Waals surface area contributed by atoms with Gasteiger partial charge in [-0.3, -0.25) is 4.79 Å². The summed E-state index contributed by atoms with van der Waals surface area (Å²) in [6.07, 6.45) is 1.98. The lowest BCUT2D eigenvalue weighted by molar-refractivity contribution is 0.0512. The van der Waals surface area contributed by atoms with Gasteiger partial charge in [-0.25, -0.2) is 4.39 Å². The smallest absolute Gasteiger partial charge is 0.261 e. The molecule has 4 nitrogen and oxygen atoms in total. The van der Waals surface area contributed by atoms with Crippen LogP contribution in [0.5, 0.6) is 0 Å². The zero-order chi connectivity index (χ0) is 18.6. The van der Waals surface area contributed by atoms with Crippen molar-refractivity contribution in [3.63, 3.8) is 0 Å². The van der Waals surface area contributed by atoms with E-state index in [4.69, 9.17) is 4.74 Å². The number of hydrogen-bond donors (Lipinski definition) is 2. The second-order valence-corrected chi connectivity index (χ2v) is 8.21. The van der Waals surface area contributed by atoms with Gasteiger partial charge in [-0.1, -0.05) is 12.1 Å². The molecule has 3 rings (SSSR count). The molecule has 26 heavy (non-hydrogen) atoms. The average molecular weight is 376 g/mol. The molecular weight excluding hydrogens is 351 g/mol. The highest BCUT2D eigenvalue weighted by molar-refractivity contribution is 7.14. The molecule has 0 spiro atoms. The van der Waals surface area contributed by atoms with Gasteiger partial charge in [0.1, 0.15) is 5.82 Å². The highest BCUT2D eigenvalue weighted by Gasteiger charge is 2.32. The summed E-state index contributed by atoms with van der Waals surface area (Å²) in [4.78, 5) is 14.4. The standard InChI is InChI=1S/C20H25FN2O2S/c1-14-17(15-3-5-16(21)6-4-15)11-18(26-14)19(24)23-12-20(13-25-2)7-9-22-10-8-20/h3-6,11,22H,7-10,12-13H2,1-2H3,(H,23,24). The Kier molecular flexibility index (Phi) is 6.06. The summed E-state index contributed by atoms with van der Waals surface area (Å²) in [5.41, 5.74) is 1.91. The number of nitrogens with one attached hydrogen (secondary N) is 2. The summed E-state index contributed by atoms with van der Waals surface area (Å²) < 4.78 is 18.5. The third kappa shape index (κ3) is 4.31. The van der Waals surface area contributed by atoms with Crippen molar-refractivity contribution in [2.24, 2.45) is 5.41 Å². The van der Waals surface area contributed by atoms with Crippen LogP contribution in [0.25, 0.3) is 11.1 Å². The highest BCUT2D eigenvalue weighted by atomic mass is 32.1. The first-order valence-electron chi connectivity index (χ1n) is 8.87. The van der Waals surface area contributed by atoms with Crippen molar-refractivity contribution in [3.8, 4) is 11.1 Å². The lowest BCUT2D eigenvalue weighted by atomic mass is 9.79. The van der Waals surface area contributed by atoms with Crippen LogP contribution >= 0.6 is 11.3 Å². The van der Waals surface area contributed by atoms with Crippen molar-refractivity contribution in [1.29, 1.82) is 0 Å². The Hall–Kier alpha value is -1.76. The molecule has 0 bridgehead atoms. The summed E-state index contributed by atoms with van der Waals surface area (Å²) in [5, 5.41) is 6.46. The largest absolute Gasteiger partial charge is 0.384 e. The molecule has 0 unspecified atom stereocenters. The first-order valence-corrected chi connectivity index (χ1v) is 9.69. The number of hydrogen-bond acceptors (Lipinski definition) is 4. The van der Waals surface area contributed by atoms with Crippen molar-refractivity contribution in [2.45, 2.75) is 19.8 Å². The van der Waals surface area contributed by atoms with E-state index in [0.29, 0.717) is 18.0 Å². The molecule has 1 aromatic carbocycles. The predicted molar refractivity (Wildman–Crippen MR) is 103 cm³/mol. The number of carbonyl (C=O) groups excluding carboxylic acids is 1. The number of methoxy groups -OCH3 is 1. The van der Waals surface area contributed by atoms with Gasteiger partial charge in [-0.15, -0.1) is 11.3 Å². The molecule has 6 heteroatoms. The molecule has 0 aliphatic carbocycles. The lowest BCUT2D eigenvalue weighted by Gasteiger charge is -2.37. The van der Waals surface area contributed by atoms with Gasteiger partial charge in [0.15, 0.2) is 0 Å². The number of ether oxygens (including phenoxy) is 1. The maximum atomic E-state index is 13.1. The van der Waals surface area contributed by atoms with E-state index < -0.39 is 0 Å². The quantitative estimate of drug-likeness (QED) is 0.810. The Labute approximate surface area is 157 Å². The average Bonchev–Trinajstić information content (AvgIpc) is 3.03. The second kappa shape index (κ2) is 8.29. The Morgan fingerprint density at radius 3 is 2.65 bits per heavy atom. The predicted octanol–water partition coefficient (Wildman–Crippen LogP) is 3.61. The summed E-state index contributed by atoms with van der Waals surface area (Å²) in [6.45, 7) is 5.15. The van der Waals surface area contributed by atoms with E-state index in [1.165, 1.54) is 23.5 Å². The number of aryl methyl sites for hydroxylation is 1. The normalized spacial score (nSPS) is 16.4. The van der Waals surface area contributed by atoms with Gasteiger partial charge >= 0.3 is 0 Å². The molecule has 1 amide bonds. The third-order valence-corrected chi connectivity index (χ3v) is 6.08. The summed E-state index contributed by atoms with van der Waals surface area (Å²) in [7, 11) is 1.71. The van der Waals surface area contributed by atoms with Crippen LogP contribution in [-0.4, -0.2) is 39.3 Å². The molecule has 0 saturated carbocycles. The molecule has 0 atom stereocenters. The van der Waals surface area contributed by atoms with Gasteiger partial charge in [0, 0.05) is 23.9 Å². The van der Waals surface area contributed by atoms with Crippen LogP contribution in [0, 0.1) is 18.2 Å². The van der Waals surface area contributed by atoms with Crippen molar-refractivity contribution in [1.82, 2.24) is 10.6 Å². The fourth-order valence-corrected chi connectivity index (χ4v) is 4.46. The molecule has 1 aromatic heterocycles. The minimum Gasteiger partial charge on any atom is -0.384 e. The maximum Gasteiger partial charge on any atom is 0.261 e. The van der Waals surface area contributed by atoms with Crippen LogP contribution in [-0.2, 0) is 4.74 Å². The molecule has 1 aliphatic heterocycles.